The molecule has 1 N–H and O–H groups in total. The van der Waals surface area contributed by atoms with Gasteiger partial charge in [-0.2, -0.15) is 0 Å². The number of carbonyl (C=O) groups is 1. The molecular formula is C12H21BF4N2O3. The minimum absolute atomic E-state index is 0.218. The van der Waals surface area contributed by atoms with Crippen LogP contribution in [-0.4, -0.2) is 37.5 Å². The summed E-state index contributed by atoms with van der Waals surface area (Å²) in [6.07, 6.45) is 5.08. The monoisotopic (exact) mass is 328 g/mol. The molecule has 0 amide bonds. The Kier molecular flexibility index (Phi) is 9.47. The number of imidazole rings is 1. The lowest BCUT2D eigenvalue weighted by Crippen LogP contribution is -2.32. The summed E-state index contributed by atoms with van der Waals surface area (Å²) in [4.78, 5) is 14.5. The third kappa shape index (κ3) is 12.2. The lowest BCUT2D eigenvalue weighted by Gasteiger charge is -2.10. The number of aryl methyl sites for hydroxylation is 1. The summed E-state index contributed by atoms with van der Waals surface area (Å²) >= 11 is 0. The van der Waals surface area contributed by atoms with Gasteiger partial charge in [-0.05, 0) is 13.3 Å². The van der Waals surface area contributed by atoms with Gasteiger partial charge in [-0.15, -0.1) is 0 Å². The van der Waals surface area contributed by atoms with Crippen molar-refractivity contribution in [3.63, 3.8) is 0 Å². The van der Waals surface area contributed by atoms with Gasteiger partial charge >= 0.3 is 13.2 Å². The van der Waals surface area contributed by atoms with Gasteiger partial charge in [-0.25, -0.2) is 9.55 Å². The number of hydrogen-bond acceptors (Lipinski definition) is 3. The third-order valence-electron chi connectivity index (χ3n) is 2.61. The molecule has 0 saturated heterocycles. The zero-order chi connectivity index (χ0) is 17.2. The summed E-state index contributed by atoms with van der Waals surface area (Å²) in [5.74, 6) is 0.591. The summed E-state index contributed by atoms with van der Waals surface area (Å²) in [7, 11) is -4.12. The first-order valence-corrected chi connectivity index (χ1v) is 6.80. The fourth-order valence-corrected chi connectivity index (χ4v) is 1.32. The molecule has 1 unspecified atom stereocenters. The van der Waals surface area contributed by atoms with Crippen LogP contribution in [0.1, 0.15) is 26.1 Å². The Morgan fingerprint density at radius 3 is 2.41 bits per heavy atom. The molecule has 5 nitrogen and oxygen atoms in total. The molecule has 1 rings (SSSR count). The van der Waals surface area contributed by atoms with E-state index >= 15 is 0 Å². The van der Waals surface area contributed by atoms with Crippen LogP contribution >= 0.6 is 0 Å². The number of H-pyrrole nitrogens is 1. The number of carbonyl (C=O) groups excluding carboxylic acids is 1. The topological polar surface area (TPSA) is 55.2 Å². The van der Waals surface area contributed by atoms with E-state index in [0.717, 1.165) is 12.2 Å². The molecule has 1 aromatic rings. The molecule has 128 valence electrons. The molecule has 0 bridgehead atoms. The number of hydrogen-bond donors (Lipinski definition) is 1. The predicted octanol–water partition coefficient (Wildman–Crippen LogP) is 2.04. The molecule has 0 saturated carbocycles. The highest BCUT2D eigenvalue weighted by Gasteiger charge is 2.20. The molecule has 0 radical (unpaired) electrons. The highest BCUT2D eigenvalue weighted by atomic mass is 19.5. The normalized spacial score (nSPS) is 12.3. The molecule has 1 atom stereocenters. The molecule has 1 aromatic heterocycles. The van der Waals surface area contributed by atoms with Gasteiger partial charge in [0.1, 0.15) is 25.4 Å². The SMILES string of the molecule is CCC(C)OCCOC(=O)Cc1[nH]cc[n+]1C.F[B-](F)(F)F. The number of halogens is 4. The Bertz CT molecular complexity index is 434. The Morgan fingerprint density at radius 1 is 1.36 bits per heavy atom. The number of nitrogens with one attached hydrogen (secondary N) is 1. The molecule has 0 aliphatic rings. The summed E-state index contributed by atoms with van der Waals surface area (Å²) in [5.41, 5.74) is 0. The highest BCUT2D eigenvalue weighted by Crippen LogP contribution is 2.06. The van der Waals surface area contributed by atoms with Crippen molar-refractivity contribution in [3.8, 4) is 0 Å². The average Bonchev–Trinajstić information content (AvgIpc) is 2.78. The number of aromatic nitrogens is 2. The molecule has 0 fully saturated rings. The summed E-state index contributed by atoms with van der Waals surface area (Å²) < 4.78 is 51.3. The van der Waals surface area contributed by atoms with Crippen LogP contribution in [0.15, 0.2) is 12.4 Å². The fraction of sp³-hybridized carbons (Fsp3) is 0.667. The number of ether oxygens (including phenoxy) is 2. The van der Waals surface area contributed by atoms with E-state index in [-0.39, 0.29) is 18.5 Å². The van der Waals surface area contributed by atoms with Gasteiger partial charge < -0.3 is 26.7 Å². The van der Waals surface area contributed by atoms with E-state index < -0.39 is 7.25 Å². The smallest absolute Gasteiger partial charge is 0.463 e. The first kappa shape index (κ1) is 20.4. The first-order valence-electron chi connectivity index (χ1n) is 6.80. The van der Waals surface area contributed by atoms with E-state index in [1.54, 1.807) is 6.20 Å². The first-order chi connectivity index (χ1) is 10.1. The minimum atomic E-state index is -6.00. The zero-order valence-corrected chi connectivity index (χ0v) is 12.8. The molecule has 0 aliphatic carbocycles. The van der Waals surface area contributed by atoms with Crippen molar-refractivity contribution in [2.45, 2.75) is 32.8 Å². The quantitative estimate of drug-likeness (QED) is 0.274. The van der Waals surface area contributed by atoms with Crippen LogP contribution in [0.5, 0.6) is 0 Å². The van der Waals surface area contributed by atoms with Crippen molar-refractivity contribution in [1.82, 2.24) is 4.98 Å². The van der Waals surface area contributed by atoms with Crippen molar-refractivity contribution >= 4 is 13.2 Å². The van der Waals surface area contributed by atoms with Gasteiger partial charge in [0.2, 0.25) is 0 Å². The van der Waals surface area contributed by atoms with Crippen LogP contribution < -0.4 is 4.57 Å². The van der Waals surface area contributed by atoms with Crippen LogP contribution in [0.2, 0.25) is 0 Å². The van der Waals surface area contributed by atoms with Crippen LogP contribution in [0.25, 0.3) is 0 Å². The molecular weight excluding hydrogens is 307 g/mol. The molecule has 1 heterocycles. The number of rotatable bonds is 7. The van der Waals surface area contributed by atoms with Gasteiger partial charge in [0.05, 0.1) is 19.8 Å². The van der Waals surface area contributed by atoms with E-state index in [1.807, 2.05) is 24.7 Å². The lowest BCUT2D eigenvalue weighted by atomic mass is 10.3. The van der Waals surface area contributed by atoms with E-state index in [9.17, 15) is 22.1 Å². The molecule has 10 heteroatoms. The Morgan fingerprint density at radius 2 is 1.95 bits per heavy atom. The van der Waals surface area contributed by atoms with E-state index in [4.69, 9.17) is 9.47 Å². The second-order valence-electron chi connectivity index (χ2n) is 4.50. The number of esters is 1. The summed E-state index contributed by atoms with van der Waals surface area (Å²) in [6, 6.07) is 0. The molecule has 0 spiro atoms. The van der Waals surface area contributed by atoms with Gasteiger partial charge in [0.25, 0.3) is 5.82 Å². The highest BCUT2D eigenvalue weighted by molar-refractivity contribution is 6.50. The van der Waals surface area contributed by atoms with Crippen LogP contribution in [0, 0.1) is 0 Å². The van der Waals surface area contributed by atoms with Crippen molar-refractivity contribution in [1.29, 1.82) is 0 Å². The predicted molar refractivity (Wildman–Crippen MR) is 72.5 cm³/mol. The Balaban J connectivity index is 0.000000763. The van der Waals surface area contributed by atoms with Crippen molar-refractivity contribution in [2.75, 3.05) is 13.2 Å². The number of aromatic amines is 1. The Hall–Kier alpha value is -1.58. The minimum Gasteiger partial charge on any atom is -0.463 e. The van der Waals surface area contributed by atoms with Crippen LogP contribution in [0.3, 0.4) is 0 Å². The average molecular weight is 328 g/mol. The van der Waals surface area contributed by atoms with Gasteiger partial charge in [0, 0.05) is 0 Å². The molecule has 0 aromatic carbocycles. The maximum absolute atomic E-state index is 11.5. The van der Waals surface area contributed by atoms with E-state index in [1.165, 1.54) is 0 Å². The lowest BCUT2D eigenvalue weighted by molar-refractivity contribution is -0.677. The molecule has 22 heavy (non-hydrogen) atoms. The second kappa shape index (κ2) is 10.2. The summed E-state index contributed by atoms with van der Waals surface area (Å²) in [6.45, 7) is 4.83. The van der Waals surface area contributed by atoms with E-state index in [2.05, 4.69) is 11.9 Å². The Labute approximate surface area is 126 Å². The third-order valence-corrected chi connectivity index (χ3v) is 2.61. The van der Waals surface area contributed by atoms with Crippen LogP contribution in [0.4, 0.5) is 17.3 Å². The standard InChI is InChI=1S/C12H20N2O3.BF4/c1-4-10(2)16-7-8-17-12(15)9-11-13-5-6-14(11)3;2-1(3,4)5/h5-6,10H,4,7-9H2,1-3H3;/q;-1/p+1. The van der Waals surface area contributed by atoms with E-state index in [0.29, 0.717) is 13.2 Å². The summed E-state index contributed by atoms with van der Waals surface area (Å²) in [5, 5.41) is 0. The van der Waals surface area contributed by atoms with Gasteiger partial charge in [-0.1, -0.05) is 6.92 Å². The van der Waals surface area contributed by atoms with Crippen LogP contribution in [-0.2, 0) is 27.7 Å². The van der Waals surface area contributed by atoms with Crippen molar-refractivity contribution in [3.05, 3.63) is 18.2 Å². The zero-order valence-electron chi connectivity index (χ0n) is 12.8. The van der Waals surface area contributed by atoms with Gasteiger partial charge in [0.15, 0.2) is 0 Å². The maximum Gasteiger partial charge on any atom is 0.673 e. The fourth-order valence-electron chi connectivity index (χ4n) is 1.32. The molecule has 0 aliphatic heterocycles. The van der Waals surface area contributed by atoms with Crippen molar-refractivity contribution in [2.24, 2.45) is 7.05 Å². The van der Waals surface area contributed by atoms with Gasteiger partial charge in [-0.3, -0.25) is 4.79 Å². The second-order valence-corrected chi connectivity index (χ2v) is 4.50. The van der Waals surface area contributed by atoms with Crippen molar-refractivity contribution < 1.29 is 36.1 Å². The number of nitrogens with zero attached hydrogens (tertiary/aromatic N) is 1. The maximum atomic E-state index is 11.5. The largest absolute Gasteiger partial charge is 0.673 e.